The Morgan fingerprint density at radius 3 is 2.50 bits per heavy atom. The van der Waals surface area contributed by atoms with Gasteiger partial charge in [-0.25, -0.2) is 9.59 Å². The molecule has 0 radical (unpaired) electrons. The van der Waals surface area contributed by atoms with Crippen molar-refractivity contribution in [1.82, 2.24) is 9.55 Å². The fourth-order valence-corrected chi connectivity index (χ4v) is 2.36. The van der Waals surface area contributed by atoms with E-state index >= 15 is 0 Å². The van der Waals surface area contributed by atoms with Gasteiger partial charge < -0.3 is 10.1 Å². The van der Waals surface area contributed by atoms with Crippen molar-refractivity contribution in [1.29, 1.82) is 0 Å². The molecule has 0 unspecified atom stereocenters. The number of carboxylic acid groups (broad SMARTS) is 1. The van der Waals surface area contributed by atoms with Crippen molar-refractivity contribution in [3.63, 3.8) is 0 Å². The standard InChI is InChI=1S/C14H9BrN2O3/c15-9-2-4-10(5-3-9)17-12-6-1-8(13(18)19)7-11(12)16-14(17)20/h1-7H,(H,16,20)(H,18,19). The second-order valence-corrected chi connectivity index (χ2v) is 5.19. The Morgan fingerprint density at radius 2 is 1.85 bits per heavy atom. The molecule has 3 aromatic rings. The molecule has 0 aliphatic carbocycles. The Balaban J connectivity index is 2.26. The average molecular weight is 333 g/mol. The van der Waals surface area contributed by atoms with Gasteiger partial charge in [0.25, 0.3) is 0 Å². The number of halogens is 1. The molecule has 0 aliphatic rings. The molecule has 20 heavy (non-hydrogen) atoms. The van der Waals surface area contributed by atoms with Gasteiger partial charge in [-0.15, -0.1) is 0 Å². The summed E-state index contributed by atoms with van der Waals surface area (Å²) in [5, 5.41) is 8.96. The van der Waals surface area contributed by atoms with Crippen LogP contribution in [0.2, 0.25) is 0 Å². The van der Waals surface area contributed by atoms with E-state index in [0.717, 1.165) is 4.47 Å². The highest BCUT2D eigenvalue weighted by atomic mass is 79.9. The van der Waals surface area contributed by atoms with Crippen LogP contribution in [0.3, 0.4) is 0 Å². The number of hydrogen-bond donors (Lipinski definition) is 2. The molecule has 1 aromatic heterocycles. The van der Waals surface area contributed by atoms with Gasteiger partial charge in [-0.05, 0) is 42.5 Å². The number of benzene rings is 2. The Hall–Kier alpha value is -2.34. The van der Waals surface area contributed by atoms with E-state index in [-0.39, 0.29) is 11.3 Å². The van der Waals surface area contributed by atoms with Gasteiger partial charge in [0, 0.05) is 4.47 Å². The predicted molar refractivity (Wildman–Crippen MR) is 78.6 cm³/mol. The maximum absolute atomic E-state index is 12.1. The minimum absolute atomic E-state index is 0.140. The zero-order valence-electron chi connectivity index (χ0n) is 10.1. The zero-order valence-corrected chi connectivity index (χ0v) is 11.7. The van der Waals surface area contributed by atoms with Gasteiger partial charge in [0.2, 0.25) is 0 Å². The summed E-state index contributed by atoms with van der Waals surface area (Å²) >= 11 is 3.34. The number of imidazole rings is 1. The second-order valence-electron chi connectivity index (χ2n) is 4.28. The van der Waals surface area contributed by atoms with Crippen LogP contribution in [-0.4, -0.2) is 20.6 Å². The minimum atomic E-state index is -1.02. The lowest BCUT2D eigenvalue weighted by atomic mass is 10.2. The van der Waals surface area contributed by atoms with Crippen molar-refractivity contribution in [2.75, 3.05) is 0 Å². The summed E-state index contributed by atoms with van der Waals surface area (Å²) in [5.74, 6) is -1.02. The molecule has 0 fully saturated rings. The van der Waals surface area contributed by atoms with E-state index in [1.54, 1.807) is 6.07 Å². The number of H-pyrrole nitrogens is 1. The van der Waals surface area contributed by atoms with E-state index in [4.69, 9.17) is 5.11 Å². The van der Waals surface area contributed by atoms with E-state index in [2.05, 4.69) is 20.9 Å². The summed E-state index contributed by atoms with van der Waals surface area (Å²) in [6.07, 6.45) is 0. The van der Waals surface area contributed by atoms with Gasteiger partial charge in [0.15, 0.2) is 0 Å². The van der Waals surface area contributed by atoms with Crippen molar-refractivity contribution < 1.29 is 9.90 Å². The molecule has 0 saturated heterocycles. The maximum atomic E-state index is 12.1. The third-order valence-corrected chi connectivity index (χ3v) is 3.54. The topological polar surface area (TPSA) is 75.1 Å². The van der Waals surface area contributed by atoms with E-state index in [1.165, 1.54) is 16.7 Å². The zero-order chi connectivity index (χ0) is 14.3. The van der Waals surface area contributed by atoms with Crippen molar-refractivity contribution in [2.24, 2.45) is 0 Å². The summed E-state index contributed by atoms with van der Waals surface area (Å²) in [5.41, 5.74) is 1.69. The molecular formula is C14H9BrN2O3. The van der Waals surface area contributed by atoms with Crippen molar-refractivity contribution >= 4 is 32.9 Å². The normalized spacial score (nSPS) is 10.8. The van der Waals surface area contributed by atoms with Crippen molar-refractivity contribution in [3.8, 4) is 5.69 Å². The second kappa shape index (κ2) is 4.64. The minimum Gasteiger partial charge on any atom is -0.478 e. The quantitative estimate of drug-likeness (QED) is 0.757. The number of rotatable bonds is 2. The summed E-state index contributed by atoms with van der Waals surface area (Å²) in [6, 6.07) is 11.9. The molecule has 6 heteroatoms. The Labute approximate surface area is 121 Å². The van der Waals surface area contributed by atoms with Crippen LogP contribution >= 0.6 is 15.9 Å². The molecule has 0 atom stereocenters. The summed E-state index contributed by atoms with van der Waals surface area (Å²) in [6.45, 7) is 0. The number of aromatic carboxylic acids is 1. The third kappa shape index (κ3) is 2.04. The lowest BCUT2D eigenvalue weighted by Gasteiger charge is -2.03. The molecule has 0 amide bonds. The van der Waals surface area contributed by atoms with Gasteiger partial charge in [0.1, 0.15) is 0 Å². The van der Waals surface area contributed by atoms with Crippen LogP contribution in [0.25, 0.3) is 16.7 Å². The molecule has 0 bridgehead atoms. The highest BCUT2D eigenvalue weighted by Crippen LogP contribution is 2.19. The van der Waals surface area contributed by atoms with Crippen LogP contribution < -0.4 is 5.69 Å². The summed E-state index contributed by atoms with van der Waals surface area (Å²) < 4.78 is 2.43. The first-order chi connectivity index (χ1) is 9.56. The van der Waals surface area contributed by atoms with Crippen LogP contribution in [0, 0.1) is 0 Å². The van der Waals surface area contributed by atoms with Gasteiger partial charge >= 0.3 is 11.7 Å². The molecule has 3 rings (SSSR count). The Morgan fingerprint density at radius 1 is 1.15 bits per heavy atom. The van der Waals surface area contributed by atoms with Crippen molar-refractivity contribution in [2.45, 2.75) is 0 Å². The lowest BCUT2D eigenvalue weighted by Crippen LogP contribution is -2.14. The first-order valence-electron chi connectivity index (χ1n) is 5.80. The number of fused-ring (bicyclic) bond motifs is 1. The molecule has 0 spiro atoms. The van der Waals surface area contributed by atoms with Gasteiger partial charge in [-0.1, -0.05) is 15.9 Å². The third-order valence-electron chi connectivity index (χ3n) is 3.01. The molecule has 2 aromatic carbocycles. The van der Waals surface area contributed by atoms with E-state index in [9.17, 15) is 9.59 Å². The van der Waals surface area contributed by atoms with Crippen molar-refractivity contribution in [3.05, 3.63) is 63.0 Å². The number of nitrogens with one attached hydrogen (secondary N) is 1. The van der Waals surface area contributed by atoms with Gasteiger partial charge in [0.05, 0.1) is 22.3 Å². The number of aromatic nitrogens is 2. The first kappa shape index (κ1) is 12.7. The maximum Gasteiger partial charge on any atom is 0.335 e. The molecule has 2 N–H and O–H groups in total. The molecular weight excluding hydrogens is 324 g/mol. The highest BCUT2D eigenvalue weighted by molar-refractivity contribution is 9.10. The average Bonchev–Trinajstić information content (AvgIpc) is 2.74. The van der Waals surface area contributed by atoms with Gasteiger partial charge in [-0.2, -0.15) is 0 Å². The molecule has 100 valence electrons. The lowest BCUT2D eigenvalue weighted by molar-refractivity contribution is 0.0697. The number of carbonyl (C=O) groups is 1. The smallest absolute Gasteiger partial charge is 0.335 e. The molecule has 0 aliphatic heterocycles. The number of nitrogens with zero attached hydrogens (tertiary/aromatic N) is 1. The van der Waals surface area contributed by atoms with E-state index < -0.39 is 5.97 Å². The predicted octanol–water partition coefficient (Wildman–Crippen LogP) is 2.78. The Kier molecular flexibility index (Phi) is 2.94. The fourth-order valence-electron chi connectivity index (χ4n) is 2.09. The molecule has 0 saturated carbocycles. The van der Waals surface area contributed by atoms with Crippen LogP contribution in [0.4, 0.5) is 0 Å². The number of hydrogen-bond acceptors (Lipinski definition) is 2. The van der Waals surface area contributed by atoms with E-state index in [0.29, 0.717) is 16.7 Å². The fraction of sp³-hybridized carbons (Fsp3) is 0. The molecule has 1 heterocycles. The first-order valence-corrected chi connectivity index (χ1v) is 6.59. The van der Waals surface area contributed by atoms with Crippen LogP contribution in [0.15, 0.2) is 51.7 Å². The monoisotopic (exact) mass is 332 g/mol. The molecule has 5 nitrogen and oxygen atoms in total. The highest BCUT2D eigenvalue weighted by Gasteiger charge is 2.11. The number of carboxylic acids is 1. The van der Waals surface area contributed by atoms with E-state index in [1.807, 2.05) is 24.3 Å². The summed E-state index contributed by atoms with van der Waals surface area (Å²) in [7, 11) is 0. The summed E-state index contributed by atoms with van der Waals surface area (Å²) in [4.78, 5) is 25.7. The SMILES string of the molecule is O=C(O)c1ccc2c(c1)[nH]c(=O)n2-c1ccc(Br)cc1. The van der Waals surface area contributed by atoms with Crippen LogP contribution in [-0.2, 0) is 0 Å². The Bertz CT molecular complexity index is 862. The number of aromatic amines is 1. The largest absolute Gasteiger partial charge is 0.478 e. The van der Waals surface area contributed by atoms with Crippen LogP contribution in [0.5, 0.6) is 0 Å². The van der Waals surface area contributed by atoms with Crippen LogP contribution in [0.1, 0.15) is 10.4 Å². The van der Waals surface area contributed by atoms with Gasteiger partial charge in [-0.3, -0.25) is 4.57 Å².